The summed E-state index contributed by atoms with van der Waals surface area (Å²) in [6.07, 6.45) is 3.28. The molecule has 0 bridgehead atoms. The van der Waals surface area contributed by atoms with Gasteiger partial charge in [0.1, 0.15) is 15.8 Å². The van der Waals surface area contributed by atoms with Crippen LogP contribution in [-0.2, 0) is 16.1 Å². The summed E-state index contributed by atoms with van der Waals surface area (Å²) in [5.74, 6) is 0.276. The summed E-state index contributed by atoms with van der Waals surface area (Å²) in [6.45, 7) is 1.31. The summed E-state index contributed by atoms with van der Waals surface area (Å²) in [5, 5.41) is 0. The number of hydrogen-bond acceptors (Lipinski definition) is 7. The number of amides is 1. The quantitative estimate of drug-likeness (QED) is 0.391. The van der Waals surface area contributed by atoms with E-state index in [-0.39, 0.29) is 11.5 Å². The fourth-order valence-corrected chi connectivity index (χ4v) is 4.74. The molecule has 0 unspecified atom stereocenters. The Kier molecular flexibility index (Phi) is 6.69. The lowest BCUT2D eigenvalue weighted by Crippen LogP contribution is -2.31. The molecule has 4 rings (SSSR count). The van der Waals surface area contributed by atoms with Crippen LogP contribution in [0.4, 0.5) is 5.82 Å². The van der Waals surface area contributed by atoms with Crippen molar-refractivity contribution in [1.29, 1.82) is 0 Å². The Morgan fingerprint density at radius 3 is 2.66 bits per heavy atom. The molecule has 2 aromatic heterocycles. The fourth-order valence-electron chi connectivity index (χ4n) is 3.45. The van der Waals surface area contributed by atoms with Gasteiger partial charge in [-0.25, -0.2) is 4.98 Å². The lowest BCUT2D eigenvalue weighted by Gasteiger charge is -2.21. The molecule has 0 spiro atoms. The van der Waals surface area contributed by atoms with E-state index in [4.69, 9.17) is 21.9 Å². The number of pyridine rings is 1. The highest BCUT2D eigenvalue weighted by Gasteiger charge is 2.32. The van der Waals surface area contributed by atoms with E-state index in [1.807, 2.05) is 48.3 Å². The number of carbonyl (C=O) groups excluding carboxylic acids is 1. The van der Waals surface area contributed by atoms with Crippen molar-refractivity contribution in [2.45, 2.75) is 6.54 Å². The molecule has 0 radical (unpaired) electrons. The number of thiocarbonyl (C=S) groups is 1. The van der Waals surface area contributed by atoms with Crippen molar-refractivity contribution in [3.05, 3.63) is 81.1 Å². The maximum absolute atomic E-state index is 13.4. The van der Waals surface area contributed by atoms with E-state index < -0.39 is 0 Å². The van der Waals surface area contributed by atoms with Gasteiger partial charge in [0, 0.05) is 26.9 Å². The second-order valence-electron chi connectivity index (χ2n) is 7.25. The predicted octanol–water partition coefficient (Wildman–Crippen LogP) is 3.18. The van der Waals surface area contributed by atoms with Gasteiger partial charge in [0.25, 0.3) is 11.5 Å². The van der Waals surface area contributed by atoms with Gasteiger partial charge in [-0.3, -0.25) is 18.9 Å². The number of aromatic nitrogens is 2. The molecular formula is C23H22N4O3S2. The van der Waals surface area contributed by atoms with Crippen molar-refractivity contribution >= 4 is 51.7 Å². The second kappa shape index (κ2) is 9.64. The molecule has 0 aliphatic carbocycles. The normalized spacial score (nSPS) is 15.2. The van der Waals surface area contributed by atoms with Crippen LogP contribution in [0.1, 0.15) is 11.1 Å². The van der Waals surface area contributed by atoms with Gasteiger partial charge < -0.3 is 9.64 Å². The minimum Gasteiger partial charge on any atom is -0.383 e. The smallest absolute Gasteiger partial charge is 0.267 e. The van der Waals surface area contributed by atoms with Crippen molar-refractivity contribution < 1.29 is 9.53 Å². The first-order valence-electron chi connectivity index (χ1n) is 10.0. The van der Waals surface area contributed by atoms with E-state index >= 15 is 0 Å². The third-order valence-electron chi connectivity index (χ3n) is 5.04. The molecule has 1 saturated heterocycles. The zero-order valence-corrected chi connectivity index (χ0v) is 19.4. The molecule has 1 amide bonds. The number of hydrogen-bond donors (Lipinski definition) is 0. The van der Waals surface area contributed by atoms with E-state index in [2.05, 4.69) is 0 Å². The van der Waals surface area contributed by atoms with Crippen LogP contribution in [0.2, 0.25) is 0 Å². The van der Waals surface area contributed by atoms with Crippen molar-refractivity contribution in [2.75, 3.05) is 32.2 Å². The van der Waals surface area contributed by atoms with Crippen LogP contribution < -0.4 is 10.5 Å². The Bertz CT molecular complexity index is 1260. The molecule has 1 aliphatic heterocycles. The van der Waals surface area contributed by atoms with E-state index in [1.165, 1.54) is 21.1 Å². The molecule has 0 saturated carbocycles. The number of thioether (sulfide) groups is 1. The van der Waals surface area contributed by atoms with Crippen molar-refractivity contribution in [3.8, 4) is 0 Å². The first kappa shape index (κ1) is 22.2. The monoisotopic (exact) mass is 466 g/mol. The molecule has 1 aromatic carbocycles. The topological polar surface area (TPSA) is 67.2 Å². The molecule has 164 valence electrons. The third-order valence-corrected chi connectivity index (χ3v) is 6.42. The minimum atomic E-state index is -0.243. The molecular weight excluding hydrogens is 444 g/mol. The van der Waals surface area contributed by atoms with Crippen molar-refractivity contribution in [2.24, 2.45) is 0 Å². The molecule has 3 heterocycles. The number of nitrogens with zero attached hydrogens (tertiary/aromatic N) is 4. The standard InChI is InChI=1S/C23H22N4O3S2/c1-25(15-16-8-4-3-5-9-16)20-17(21(28)26-11-7-6-10-19(26)24-20)14-18-22(29)27(12-13-30-2)23(31)32-18/h3-11,14H,12-13,15H2,1-2H3. The van der Waals surface area contributed by atoms with Crippen LogP contribution in [0.3, 0.4) is 0 Å². The number of carbonyl (C=O) groups is 1. The van der Waals surface area contributed by atoms with Crippen molar-refractivity contribution in [3.63, 3.8) is 0 Å². The Morgan fingerprint density at radius 1 is 1.16 bits per heavy atom. The lowest BCUT2D eigenvalue weighted by molar-refractivity contribution is -0.122. The summed E-state index contributed by atoms with van der Waals surface area (Å²) in [7, 11) is 3.46. The first-order chi connectivity index (χ1) is 15.5. The molecule has 3 aromatic rings. The van der Waals surface area contributed by atoms with Crippen LogP contribution in [0.5, 0.6) is 0 Å². The molecule has 7 nitrogen and oxygen atoms in total. The summed E-state index contributed by atoms with van der Waals surface area (Å²) in [4.78, 5) is 34.9. The SMILES string of the molecule is COCCN1C(=O)C(=Cc2c(N(C)Cc3ccccc3)nc3ccccn3c2=O)SC1=S. The van der Waals surface area contributed by atoms with E-state index in [0.29, 0.717) is 46.0 Å². The van der Waals surface area contributed by atoms with E-state index in [0.717, 1.165) is 5.56 Å². The van der Waals surface area contributed by atoms with Crippen molar-refractivity contribution in [1.82, 2.24) is 14.3 Å². The third kappa shape index (κ3) is 4.45. The Labute approximate surface area is 195 Å². The van der Waals surface area contributed by atoms with Gasteiger partial charge in [-0.2, -0.15) is 0 Å². The zero-order valence-electron chi connectivity index (χ0n) is 17.7. The Balaban J connectivity index is 1.79. The molecule has 1 aliphatic rings. The van der Waals surface area contributed by atoms with Gasteiger partial charge in [-0.1, -0.05) is 60.4 Å². The maximum atomic E-state index is 13.4. The molecule has 1 fully saturated rings. The Morgan fingerprint density at radius 2 is 1.91 bits per heavy atom. The second-order valence-corrected chi connectivity index (χ2v) is 8.93. The lowest BCUT2D eigenvalue weighted by atomic mass is 10.2. The average Bonchev–Trinajstić information content (AvgIpc) is 3.07. The highest BCUT2D eigenvalue weighted by Crippen LogP contribution is 2.33. The van der Waals surface area contributed by atoms with Gasteiger partial charge in [0.15, 0.2) is 0 Å². The molecule has 0 atom stereocenters. The minimum absolute atomic E-state index is 0.230. The largest absolute Gasteiger partial charge is 0.383 e. The van der Waals surface area contributed by atoms with Crippen LogP contribution in [0.25, 0.3) is 11.7 Å². The van der Waals surface area contributed by atoms with Gasteiger partial charge in [0.2, 0.25) is 0 Å². The fraction of sp³-hybridized carbons (Fsp3) is 0.217. The average molecular weight is 467 g/mol. The first-order valence-corrected chi connectivity index (χ1v) is 11.2. The van der Waals surface area contributed by atoms with Crippen LogP contribution in [-0.4, -0.2) is 51.8 Å². The molecule has 0 N–H and O–H groups in total. The number of ether oxygens (including phenoxy) is 1. The summed E-state index contributed by atoms with van der Waals surface area (Å²) in [5.41, 5.74) is 1.73. The number of benzene rings is 1. The number of anilines is 1. The van der Waals surface area contributed by atoms with Gasteiger partial charge in [-0.05, 0) is 23.8 Å². The van der Waals surface area contributed by atoms with Crippen LogP contribution in [0, 0.1) is 0 Å². The number of methoxy groups -OCH3 is 1. The summed E-state index contributed by atoms with van der Waals surface area (Å²) >= 11 is 6.55. The highest BCUT2D eigenvalue weighted by atomic mass is 32.2. The highest BCUT2D eigenvalue weighted by molar-refractivity contribution is 8.26. The van der Waals surface area contributed by atoms with E-state index in [1.54, 1.807) is 31.5 Å². The molecule has 9 heteroatoms. The number of fused-ring (bicyclic) bond motifs is 1. The van der Waals surface area contributed by atoms with Gasteiger partial charge >= 0.3 is 0 Å². The van der Waals surface area contributed by atoms with Gasteiger partial charge in [-0.15, -0.1) is 0 Å². The summed E-state index contributed by atoms with van der Waals surface area (Å²) < 4.78 is 7.01. The number of rotatable bonds is 7. The summed E-state index contributed by atoms with van der Waals surface area (Å²) in [6, 6.07) is 15.3. The zero-order chi connectivity index (χ0) is 22.7. The predicted molar refractivity (Wildman–Crippen MR) is 132 cm³/mol. The molecule has 32 heavy (non-hydrogen) atoms. The van der Waals surface area contributed by atoms with Gasteiger partial charge in [0.05, 0.1) is 23.6 Å². The maximum Gasteiger partial charge on any atom is 0.267 e. The van der Waals surface area contributed by atoms with Crippen LogP contribution >= 0.6 is 24.0 Å². The van der Waals surface area contributed by atoms with E-state index in [9.17, 15) is 9.59 Å². The Hall–Kier alpha value is -3.01. The van der Waals surface area contributed by atoms with Crippen LogP contribution in [0.15, 0.2) is 64.4 Å².